The molecule has 0 saturated carbocycles. The first-order valence-electron chi connectivity index (χ1n) is 7.34. The summed E-state index contributed by atoms with van der Waals surface area (Å²) in [5, 5.41) is 14.1. The van der Waals surface area contributed by atoms with Crippen LogP contribution in [0.5, 0.6) is 0 Å². The van der Waals surface area contributed by atoms with Crippen LogP contribution < -0.4 is 0 Å². The normalized spacial score (nSPS) is 11.6. The topological polar surface area (TPSA) is 80.9 Å². The van der Waals surface area contributed by atoms with Crippen molar-refractivity contribution in [3.05, 3.63) is 39.7 Å². The Labute approximate surface area is 139 Å². The number of aromatic carboxylic acids is 1. The van der Waals surface area contributed by atoms with Crippen LogP contribution in [0.15, 0.2) is 6.20 Å². The molecule has 2 heterocycles. The average Bonchev–Trinajstić information content (AvgIpc) is 2.79. The van der Waals surface area contributed by atoms with E-state index in [2.05, 4.69) is 15.1 Å². The van der Waals surface area contributed by atoms with Crippen molar-refractivity contribution in [2.75, 3.05) is 0 Å². The number of carboxylic acid groups (broad SMARTS) is 1. The molecule has 0 unspecified atom stereocenters. The van der Waals surface area contributed by atoms with E-state index >= 15 is 0 Å². The number of hydrogen-bond donors (Lipinski definition) is 1. The van der Waals surface area contributed by atoms with Gasteiger partial charge in [-0.1, -0.05) is 32.4 Å². The van der Waals surface area contributed by atoms with Crippen LogP contribution >= 0.6 is 11.6 Å². The Hall–Kier alpha value is -2.21. The van der Waals surface area contributed by atoms with E-state index in [1.54, 1.807) is 17.8 Å². The van der Waals surface area contributed by atoms with Gasteiger partial charge in [-0.05, 0) is 24.5 Å². The fourth-order valence-corrected chi connectivity index (χ4v) is 2.46. The van der Waals surface area contributed by atoms with E-state index in [0.29, 0.717) is 16.7 Å². The molecule has 122 valence electrons. The standard InChI is InChI=1S/C16H19ClN4O2/c1-5-12-10(15(17)21(4)20-12)6-7-13-18-8-11(16(22)23)14(19-13)9(2)3/h6-9H,5H2,1-4H3,(H,22,23)/b7-6+. The highest BCUT2D eigenvalue weighted by Gasteiger charge is 2.16. The first-order chi connectivity index (χ1) is 10.8. The molecule has 0 bridgehead atoms. The van der Waals surface area contributed by atoms with Crippen molar-refractivity contribution in [2.45, 2.75) is 33.1 Å². The third-order valence-electron chi connectivity index (χ3n) is 3.44. The van der Waals surface area contributed by atoms with E-state index in [-0.39, 0.29) is 11.5 Å². The lowest BCUT2D eigenvalue weighted by Gasteiger charge is -2.08. The highest BCUT2D eigenvalue weighted by Crippen LogP contribution is 2.22. The summed E-state index contributed by atoms with van der Waals surface area (Å²) in [4.78, 5) is 19.7. The Morgan fingerprint density at radius 2 is 2.13 bits per heavy atom. The molecule has 2 aromatic rings. The monoisotopic (exact) mass is 334 g/mol. The number of halogens is 1. The Balaban J connectivity index is 2.41. The molecule has 0 aliphatic rings. The highest BCUT2D eigenvalue weighted by molar-refractivity contribution is 6.31. The maximum absolute atomic E-state index is 11.2. The minimum absolute atomic E-state index is 0.00978. The van der Waals surface area contributed by atoms with Crippen LogP contribution in [0, 0.1) is 0 Å². The van der Waals surface area contributed by atoms with Crippen LogP contribution in [-0.4, -0.2) is 30.8 Å². The molecule has 23 heavy (non-hydrogen) atoms. The van der Waals surface area contributed by atoms with Crippen molar-refractivity contribution in [2.24, 2.45) is 7.05 Å². The molecular weight excluding hydrogens is 316 g/mol. The molecule has 6 nitrogen and oxygen atoms in total. The van der Waals surface area contributed by atoms with E-state index < -0.39 is 5.97 Å². The van der Waals surface area contributed by atoms with Gasteiger partial charge in [-0.3, -0.25) is 4.68 Å². The number of rotatable bonds is 5. The number of carbonyl (C=O) groups is 1. The highest BCUT2D eigenvalue weighted by atomic mass is 35.5. The number of carboxylic acids is 1. The minimum Gasteiger partial charge on any atom is -0.478 e. The van der Waals surface area contributed by atoms with Crippen LogP contribution in [-0.2, 0) is 13.5 Å². The van der Waals surface area contributed by atoms with Gasteiger partial charge in [0.1, 0.15) is 5.15 Å². The Kier molecular flexibility index (Phi) is 5.15. The van der Waals surface area contributed by atoms with Gasteiger partial charge in [-0.25, -0.2) is 14.8 Å². The number of aromatic nitrogens is 4. The van der Waals surface area contributed by atoms with E-state index in [1.165, 1.54) is 6.20 Å². The van der Waals surface area contributed by atoms with Crippen LogP contribution in [0.25, 0.3) is 12.2 Å². The van der Waals surface area contributed by atoms with Gasteiger partial charge < -0.3 is 5.11 Å². The van der Waals surface area contributed by atoms with Crippen molar-refractivity contribution in [3.8, 4) is 0 Å². The van der Waals surface area contributed by atoms with Gasteiger partial charge in [0.05, 0.1) is 17.0 Å². The zero-order chi connectivity index (χ0) is 17.1. The van der Waals surface area contributed by atoms with E-state index in [1.807, 2.05) is 26.8 Å². The summed E-state index contributed by atoms with van der Waals surface area (Å²) in [6, 6.07) is 0. The quantitative estimate of drug-likeness (QED) is 0.906. The summed E-state index contributed by atoms with van der Waals surface area (Å²) in [5.41, 5.74) is 2.36. The van der Waals surface area contributed by atoms with Crippen molar-refractivity contribution in [1.82, 2.24) is 19.7 Å². The van der Waals surface area contributed by atoms with Gasteiger partial charge in [0.2, 0.25) is 0 Å². The Bertz CT molecular complexity index is 766. The summed E-state index contributed by atoms with van der Waals surface area (Å²) in [6.45, 7) is 5.80. The minimum atomic E-state index is -1.02. The molecule has 0 aliphatic heterocycles. The van der Waals surface area contributed by atoms with Gasteiger partial charge >= 0.3 is 5.97 Å². The molecule has 0 aromatic carbocycles. The molecule has 0 fully saturated rings. The molecule has 7 heteroatoms. The largest absolute Gasteiger partial charge is 0.478 e. The Morgan fingerprint density at radius 1 is 1.43 bits per heavy atom. The number of aryl methyl sites for hydroxylation is 2. The summed E-state index contributed by atoms with van der Waals surface area (Å²) in [5.74, 6) is -0.585. The van der Waals surface area contributed by atoms with Crippen LogP contribution in [0.3, 0.4) is 0 Å². The lowest BCUT2D eigenvalue weighted by Crippen LogP contribution is -2.08. The molecule has 0 atom stereocenters. The first-order valence-corrected chi connectivity index (χ1v) is 7.72. The van der Waals surface area contributed by atoms with Crippen LogP contribution in [0.4, 0.5) is 0 Å². The molecule has 0 radical (unpaired) electrons. The smallest absolute Gasteiger partial charge is 0.339 e. The molecule has 0 aliphatic carbocycles. The summed E-state index contributed by atoms with van der Waals surface area (Å²) >= 11 is 6.24. The van der Waals surface area contributed by atoms with Crippen molar-refractivity contribution >= 4 is 29.7 Å². The molecular formula is C16H19ClN4O2. The molecule has 0 amide bonds. The van der Waals surface area contributed by atoms with Crippen molar-refractivity contribution in [1.29, 1.82) is 0 Å². The zero-order valence-corrected chi connectivity index (χ0v) is 14.3. The second-order valence-electron chi connectivity index (χ2n) is 5.45. The number of nitrogens with zero attached hydrogens (tertiary/aromatic N) is 4. The van der Waals surface area contributed by atoms with Gasteiger partial charge in [-0.15, -0.1) is 0 Å². The third-order valence-corrected chi connectivity index (χ3v) is 3.88. The van der Waals surface area contributed by atoms with Crippen LogP contribution in [0.1, 0.15) is 59.8 Å². The average molecular weight is 335 g/mol. The second-order valence-corrected chi connectivity index (χ2v) is 5.81. The third kappa shape index (κ3) is 3.59. The van der Waals surface area contributed by atoms with E-state index in [9.17, 15) is 9.90 Å². The first kappa shape index (κ1) is 17.1. The summed E-state index contributed by atoms with van der Waals surface area (Å²) in [7, 11) is 1.79. The SMILES string of the molecule is CCc1nn(C)c(Cl)c1/C=C/c1ncc(C(=O)O)c(C(C)C)n1. The lowest BCUT2D eigenvalue weighted by atomic mass is 10.1. The van der Waals surface area contributed by atoms with E-state index in [4.69, 9.17) is 11.6 Å². The zero-order valence-electron chi connectivity index (χ0n) is 13.5. The fourth-order valence-electron chi connectivity index (χ4n) is 2.25. The van der Waals surface area contributed by atoms with E-state index in [0.717, 1.165) is 17.7 Å². The molecule has 1 N–H and O–H groups in total. The van der Waals surface area contributed by atoms with Gasteiger partial charge in [-0.2, -0.15) is 5.10 Å². The van der Waals surface area contributed by atoms with Crippen molar-refractivity contribution < 1.29 is 9.90 Å². The van der Waals surface area contributed by atoms with Crippen LogP contribution in [0.2, 0.25) is 5.15 Å². The predicted octanol–water partition coefficient (Wildman–Crippen LogP) is 3.42. The summed E-state index contributed by atoms with van der Waals surface area (Å²) in [6.07, 6.45) is 5.64. The molecule has 2 aromatic heterocycles. The van der Waals surface area contributed by atoms with Gasteiger partial charge in [0.25, 0.3) is 0 Å². The van der Waals surface area contributed by atoms with Crippen molar-refractivity contribution in [3.63, 3.8) is 0 Å². The fraction of sp³-hybridized carbons (Fsp3) is 0.375. The van der Waals surface area contributed by atoms with Gasteiger partial charge in [0, 0.05) is 18.8 Å². The Morgan fingerprint density at radius 3 is 2.70 bits per heavy atom. The molecule has 2 rings (SSSR count). The van der Waals surface area contributed by atoms with Gasteiger partial charge in [0.15, 0.2) is 5.82 Å². The molecule has 0 saturated heterocycles. The molecule has 0 spiro atoms. The second kappa shape index (κ2) is 6.91. The maximum atomic E-state index is 11.2. The maximum Gasteiger partial charge on any atom is 0.339 e. The number of hydrogen-bond acceptors (Lipinski definition) is 4. The lowest BCUT2D eigenvalue weighted by molar-refractivity contribution is 0.0694. The predicted molar refractivity (Wildman–Crippen MR) is 89.6 cm³/mol. The summed E-state index contributed by atoms with van der Waals surface area (Å²) < 4.78 is 1.62.